The van der Waals surface area contributed by atoms with Crippen LogP contribution in [0.3, 0.4) is 0 Å². The monoisotopic (exact) mass is 561 g/mol. The molecule has 0 saturated carbocycles. The largest absolute Gasteiger partial charge is 0.356 e. The average Bonchev–Trinajstić information content (AvgIpc) is 2.95. The van der Waals surface area contributed by atoms with Crippen LogP contribution < -0.4 is 10.6 Å². The smallest absolute Gasteiger partial charge is 0.246 e. The number of likely N-dealkylation sites (N-methyl/N-ethyl adjacent to an activating group) is 1. The molecule has 1 amide bonds. The maximum absolute atomic E-state index is 14.7. The molecule has 1 rings (SSSR count). The molecule has 1 aromatic carbocycles. The van der Waals surface area contributed by atoms with Gasteiger partial charge in [0.15, 0.2) is 0 Å². The van der Waals surface area contributed by atoms with Crippen LogP contribution in [0.4, 0.5) is 4.39 Å². The zero-order chi connectivity index (χ0) is 31.5. The van der Waals surface area contributed by atoms with Gasteiger partial charge in [0.25, 0.3) is 0 Å². The molecule has 0 fully saturated rings. The van der Waals surface area contributed by atoms with E-state index in [0.717, 1.165) is 46.8 Å². The molecule has 222 valence electrons. The quantitative estimate of drug-likeness (QED) is 0.137. The molecule has 0 aromatic heterocycles. The summed E-state index contributed by atoms with van der Waals surface area (Å²) in [5.74, 6) is -0.669. The maximum Gasteiger partial charge on any atom is 0.246 e. The first-order valence-corrected chi connectivity index (χ1v) is 14.1. The van der Waals surface area contributed by atoms with Gasteiger partial charge in [0.2, 0.25) is 5.91 Å². The summed E-state index contributed by atoms with van der Waals surface area (Å²) < 4.78 is 14.7. The molecule has 2 N–H and O–H groups in total. The molecular formula is C35H48FN3O2. The van der Waals surface area contributed by atoms with E-state index in [1.54, 1.807) is 6.92 Å². The zero-order valence-corrected chi connectivity index (χ0v) is 26.6. The van der Waals surface area contributed by atoms with E-state index in [9.17, 15) is 14.0 Å². The molecule has 0 aliphatic carbocycles. The van der Waals surface area contributed by atoms with Gasteiger partial charge in [-0.1, -0.05) is 52.1 Å². The van der Waals surface area contributed by atoms with Crippen molar-refractivity contribution in [2.24, 2.45) is 10.9 Å². The number of aliphatic imine (C=N–C) groups is 1. The number of ketones is 1. The Labute approximate surface area is 246 Å². The minimum atomic E-state index is -0.593. The van der Waals surface area contributed by atoms with Gasteiger partial charge in [0.1, 0.15) is 11.6 Å². The van der Waals surface area contributed by atoms with Crippen molar-refractivity contribution >= 4 is 23.5 Å². The second-order valence-corrected chi connectivity index (χ2v) is 10.9. The number of carbonyl (C=O) groups is 2. The Morgan fingerprint density at radius 3 is 2.29 bits per heavy atom. The van der Waals surface area contributed by atoms with Gasteiger partial charge in [-0.05, 0) is 100 Å². The first-order chi connectivity index (χ1) is 19.2. The van der Waals surface area contributed by atoms with E-state index in [0.29, 0.717) is 17.0 Å². The van der Waals surface area contributed by atoms with Gasteiger partial charge in [-0.15, -0.1) is 0 Å². The lowest BCUT2D eigenvalue weighted by Crippen LogP contribution is -2.34. The summed E-state index contributed by atoms with van der Waals surface area (Å²) in [6.45, 7) is 25.2. The van der Waals surface area contributed by atoms with Gasteiger partial charge in [-0.2, -0.15) is 0 Å². The SMILES string of the molecule is C=C/C(F)=C(\C=C(/C)C(=O)NC)N/C(C)=C(C)/C(=C\C(=C)c1ccc(C(C)(C)C(=O)C(C)CC)c(C)c1)N=CCC. The number of allylic oxidation sites excluding steroid dienone is 7. The molecule has 1 atom stereocenters. The molecule has 0 saturated heterocycles. The van der Waals surface area contributed by atoms with Crippen LogP contribution in [0.25, 0.3) is 5.57 Å². The van der Waals surface area contributed by atoms with E-state index < -0.39 is 11.2 Å². The van der Waals surface area contributed by atoms with Crippen molar-refractivity contribution in [3.05, 3.63) is 100 Å². The fourth-order valence-corrected chi connectivity index (χ4v) is 4.42. The van der Waals surface area contributed by atoms with Gasteiger partial charge in [-0.25, -0.2) is 4.39 Å². The first kappa shape index (κ1) is 35.2. The molecule has 0 heterocycles. The van der Waals surface area contributed by atoms with Crippen LogP contribution in [0.1, 0.15) is 84.9 Å². The number of nitrogens with one attached hydrogen (secondary N) is 2. The third kappa shape index (κ3) is 9.38. The Kier molecular flexibility index (Phi) is 13.6. The van der Waals surface area contributed by atoms with Crippen LogP contribution in [0.2, 0.25) is 0 Å². The predicted octanol–water partition coefficient (Wildman–Crippen LogP) is 8.21. The summed E-state index contributed by atoms with van der Waals surface area (Å²) in [4.78, 5) is 29.7. The van der Waals surface area contributed by atoms with Crippen LogP contribution in [-0.2, 0) is 15.0 Å². The van der Waals surface area contributed by atoms with Gasteiger partial charge in [0.05, 0.1) is 11.4 Å². The normalized spacial score (nSPS) is 14.7. The first-order valence-electron chi connectivity index (χ1n) is 14.1. The van der Waals surface area contributed by atoms with Gasteiger partial charge in [0, 0.05) is 35.9 Å². The number of rotatable bonds is 14. The summed E-state index contributed by atoms with van der Waals surface area (Å²) in [6, 6.07) is 6.06. The van der Waals surface area contributed by atoms with Crippen molar-refractivity contribution in [2.45, 2.75) is 80.6 Å². The van der Waals surface area contributed by atoms with E-state index in [1.165, 1.54) is 13.1 Å². The minimum Gasteiger partial charge on any atom is -0.356 e. The number of aryl methyl sites for hydroxylation is 1. The maximum atomic E-state index is 14.7. The Morgan fingerprint density at radius 1 is 1.15 bits per heavy atom. The summed E-state index contributed by atoms with van der Waals surface area (Å²) in [5.41, 5.74) is 5.68. The topological polar surface area (TPSA) is 70.6 Å². The van der Waals surface area contributed by atoms with E-state index in [4.69, 9.17) is 0 Å². The molecule has 6 heteroatoms. The number of amides is 1. The molecule has 0 bridgehead atoms. The number of Topliss-reactive ketones (excluding diaryl/α,β-unsaturated/α-hetero) is 1. The van der Waals surface area contributed by atoms with Gasteiger partial charge < -0.3 is 10.6 Å². The Balaban J connectivity index is 3.53. The van der Waals surface area contributed by atoms with Crippen molar-refractivity contribution in [2.75, 3.05) is 7.05 Å². The van der Waals surface area contributed by atoms with E-state index in [1.807, 2.05) is 79.8 Å². The number of nitrogens with zero attached hydrogens (tertiary/aromatic N) is 1. The highest BCUT2D eigenvalue weighted by Crippen LogP contribution is 2.33. The van der Waals surface area contributed by atoms with Crippen LogP contribution in [0.15, 0.2) is 88.6 Å². The standard InChI is InChI=1S/C35H48FN3O2/c1-13-18-38-31(26(8)27(9)39-32(30(36)15-3)21-25(7)34(41)37-12)20-23(5)28-16-17-29(24(6)19-28)35(10,11)33(40)22(4)14-2/h15-22,39H,3,5,13-14H2,1-2,4,6-12H3,(H,37,41)/b25-21+,27-26+,31-20+,32-30-,38-18?. The van der Waals surface area contributed by atoms with Crippen molar-refractivity contribution in [3.63, 3.8) is 0 Å². The average molecular weight is 562 g/mol. The van der Waals surface area contributed by atoms with Crippen LogP contribution in [0.5, 0.6) is 0 Å². The fraction of sp³-hybridized carbons (Fsp3) is 0.400. The Bertz CT molecular complexity index is 1320. The van der Waals surface area contributed by atoms with Crippen molar-refractivity contribution < 1.29 is 14.0 Å². The summed E-state index contributed by atoms with van der Waals surface area (Å²) in [7, 11) is 1.52. The van der Waals surface area contributed by atoms with Crippen LogP contribution in [-0.4, -0.2) is 25.0 Å². The summed E-state index contributed by atoms with van der Waals surface area (Å²) >= 11 is 0. The summed E-state index contributed by atoms with van der Waals surface area (Å²) in [5, 5.41) is 5.62. The van der Waals surface area contributed by atoms with E-state index in [-0.39, 0.29) is 23.3 Å². The lowest BCUT2D eigenvalue weighted by Gasteiger charge is -2.28. The van der Waals surface area contributed by atoms with Crippen molar-refractivity contribution in [1.82, 2.24) is 10.6 Å². The molecule has 0 radical (unpaired) electrons. The predicted molar refractivity (Wildman–Crippen MR) is 172 cm³/mol. The van der Waals surface area contributed by atoms with Crippen molar-refractivity contribution in [3.8, 4) is 0 Å². The second-order valence-electron chi connectivity index (χ2n) is 10.9. The Hall–Kier alpha value is -3.80. The molecule has 0 aliphatic rings. The lowest BCUT2D eigenvalue weighted by atomic mass is 9.73. The van der Waals surface area contributed by atoms with E-state index >= 15 is 0 Å². The van der Waals surface area contributed by atoms with Crippen LogP contribution in [0, 0.1) is 12.8 Å². The highest BCUT2D eigenvalue weighted by Gasteiger charge is 2.33. The molecular weight excluding hydrogens is 513 g/mol. The number of hydrogen-bond acceptors (Lipinski definition) is 4. The zero-order valence-electron chi connectivity index (χ0n) is 26.6. The van der Waals surface area contributed by atoms with Crippen LogP contribution >= 0.6 is 0 Å². The number of benzene rings is 1. The lowest BCUT2D eigenvalue weighted by molar-refractivity contribution is -0.127. The molecule has 5 nitrogen and oxygen atoms in total. The van der Waals surface area contributed by atoms with Gasteiger partial charge in [-0.3, -0.25) is 14.6 Å². The summed E-state index contributed by atoms with van der Waals surface area (Å²) in [6.07, 6.45) is 7.79. The molecule has 41 heavy (non-hydrogen) atoms. The Morgan fingerprint density at radius 2 is 1.78 bits per heavy atom. The minimum absolute atomic E-state index is 0.00825. The third-order valence-corrected chi connectivity index (χ3v) is 7.32. The second kappa shape index (κ2) is 15.8. The number of carbonyl (C=O) groups excluding carboxylic acids is 2. The van der Waals surface area contributed by atoms with Gasteiger partial charge >= 0.3 is 0 Å². The number of hydrogen-bond donors (Lipinski definition) is 2. The third-order valence-electron chi connectivity index (χ3n) is 7.32. The highest BCUT2D eigenvalue weighted by molar-refractivity contribution is 5.93. The fourth-order valence-electron chi connectivity index (χ4n) is 4.42. The van der Waals surface area contributed by atoms with Crippen molar-refractivity contribution in [1.29, 1.82) is 0 Å². The molecule has 0 spiro atoms. The molecule has 0 aliphatic heterocycles. The highest BCUT2D eigenvalue weighted by atomic mass is 19.1. The molecule has 1 aromatic rings. The van der Waals surface area contributed by atoms with E-state index in [2.05, 4.69) is 34.9 Å². The number of halogens is 1. The molecule has 1 unspecified atom stereocenters.